The number of rotatable bonds is 7. The number of hydrogen-bond donors (Lipinski definition) is 1. The molecule has 1 aromatic rings. The fraction of sp³-hybridized carbons (Fsp3) is 0.682. The smallest absolute Gasteiger partial charge is 0.251 e. The second-order valence-electron chi connectivity index (χ2n) is 8.20. The normalized spacial score (nSPS) is 19.6. The predicted octanol–water partition coefficient (Wildman–Crippen LogP) is 2.87. The average molecular weight is 438 g/mol. The van der Waals surface area contributed by atoms with Crippen LogP contribution in [0.4, 0.5) is 0 Å². The predicted molar refractivity (Wildman–Crippen MR) is 117 cm³/mol. The molecule has 2 aliphatic rings. The van der Waals surface area contributed by atoms with Crippen molar-refractivity contribution in [1.29, 1.82) is 0 Å². The van der Waals surface area contributed by atoms with Gasteiger partial charge in [-0.2, -0.15) is 4.31 Å². The lowest BCUT2D eigenvalue weighted by atomic mass is 10.2. The molecule has 0 aromatic heterocycles. The van der Waals surface area contributed by atoms with Crippen LogP contribution >= 0.6 is 0 Å². The number of likely N-dealkylation sites (tertiary alicyclic amines) is 1. The quantitative estimate of drug-likeness (QED) is 0.710. The number of carbonyl (C=O) groups excluding carboxylic acids is 1. The number of benzene rings is 1. The van der Waals surface area contributed by atoms with Crippen molar-refractivity contribution < 1.29 is 17.9 Å². The monoisotopic (exact) mass is 437 g/mol. The Morgan fingerprint density at radius 3 is 2.17 bits per heavy atom. The second-order valence-corrected chi connectivity index (χ2v) is 10.1. The van der Waals surface area contributed by atoms with Crippen molar-refractivity contribution in [3.05, 3.63) is 23.8 Å². The van der Waals surface area contributed by atoms with Crippen molar-refractivity contribution >= 4 is 15.9 Å². The van der Waals surface area contributed by atoms with Gasteiger partial charge in [-0.25, -0.2) is 8.42 Å². The summed E-state index contributed by atoms with van der Waals surface area (Å²) in [5.41, 5.74) is 0.347. The molecule has 0 unspecified atom stereocenters. The molecular formula is C22H35N3O4S. The summed E-state index contributed by atoms with van der Waals surface area (Å²) in [6.45, 7) is 4.56. The SMILES string of the molecule is COc1ccc(C(=O)NCCN2CCCCCC2)cc1S(=O)(=O)N1CCCCCC1. The first-order valence-electron chi connectivity index (χ1n) is 11.2. The van der Waals surface area contributed by atoms with E-state index in [1.54, 1.807) is 12.1 Å². The van der Waals surface area contributed by atoms with E-state index in [0.717, 1.165) is 45.3 Å². The zero-order chi connectivity index (χ0) is 21.4. The van der Waals surface area contributed by atoms with E-state index < -0.39 is 10.0 Å². The van der Waals surface area contributed by atoms with Crippen molar-refractivity contribution in [2.75, 3.05) is 46.4 Å². The molecule has 2 heterocycles. The summed E-state index contributed by atoms with van der Waals surface area (Å²) in [6.07, 6.45) is 8.79. The summed E-state index contributed by atoms with van der Waals surface area (Å²) >= 11 is 0. The molecule has 2 saturated heterocycles. The molecule has 1 aromatic carbocycles. The Labute approximate surface area is 180 Å². The molecule has 8 heteroatoms. The van der Waals surface area contributed by atoms with E-state index in [1.807, 2.05) is 0 Å². The lowest BCUT2D eigenvalue weighted by molar-refractivity contribution is 0.0948. The number of carbonyl (C=O) groups is 1. The van der Waals surface area contributed by atoms with Crippen molar-refractivity contribution in [2.45, 2.75) is 56.3 Å². The molecule has 7 nitrogen and oxygen atoms in total. The van der Waals surface area contributed by atoms with Crippen LogP contribution in [-0.4, -0.2) is 69.9 Å². The fourth-order valence-electron chi connectivity index (χ4n) is 4.23. The first kappa shape index (κ1) is 23.0. The van der Waals surface area contributed by atoms with E-state index in [-0.39, 0.29) is 16.6 Å². The molecule has 2 aliphatic heterocycles. The minimum Gasteiger partial charge on any atom is -0.495 e. The van der Waals surface area contributed by atoms with Gasteiger partial charge < -0.3 is 15.0 Å². The average Bonchev–Trinajstić information content (AvgIpc) is 3.19. The number of hydrogen-bond acceptors (Lipinski definition) is 5. The highest BCUT2D eigenvalue weighted by Crippen LogP contribution is 2.29. The largest absolute Gasteiger partial charge is 0.495 e. The third kappa shape index (κ3) is 5.95. The van der Waals surface area contributed by atoms with Crippen molar-refractivity contribution in [2.24, 2.45) is 0 Å². The molecule has 0 aliphatic carbocycles. The van der Waals surface area contributed by atoms with E-state index in [4.69, 9.17) is 4.74 Å². The molecule has 2 fully saturated rings. The molecule has 30 heavy (non-hydrogen) atoms. The van der Waals surface area contributed by atoms with Crippen LogP contribution in [0, 0.1) is 0 Å². The molecule has 1 N–H and O–H groups in total. The van der Waals surface area contributed by atoms with E-state index in [9.17, 15) is 13.2 Å². The number of ether oxygens (including phenoxy) is 1. The second kappa shape index (κ2) is 11.1. The summed E-state index contributed by atoms with van der Waals surface area (Å²) in [5.74, 6) is 0.0279. The van der Waals surface area contributed by atoms with Gasteiger partial charge in [0.1, 0.15) is 10.6 Å². The highest BCUT2D eigenvalue weighted by Gasteiger charge is 2.29. The van der Waals surface area contributed by atoms with Crippen molar-refractivity contribution in [3.8, 4) is 5.75 Å². The molecule has 3 rings (SSSR count). The van der Waals surface area contributed by atoms with Crippen LogP contribution in [0.2, 0.25) is 0 Å². The van der Waals surface area contributed by atoms with Gasteiger partial charge >= 0.3 is 0 Å². The van der Waals surface area contributed by atoms with Gasteiger partial charge in [0.05, 0.1) is 7.11 Å². The number of amides is 1. The Morgan fingerprint density at radius 2 is 1.57 bits per heavy atom. The van der Waals surface area contributed by atoms with Gasteiger partial charge in [-0.15, -0.1) is 0 Å². The number of methoxy groups -OCH3 is 1. The van der Waals surface area contributed by atoms with E-state index >= 15 is 0 Å². The molecule has 168 valence electrons. The molecule has 0 atom stereocenters. The first-order chi connectivity index (χ1) is 14.5. The molecule has 0 spiro atoms. The fourth-order valence-corrected chi connectivity index (χ4v) is 5.93. The lowest BCUT2D eigenvalue weighted by Gasteiger charge is -2.22. The lowest BCUT2D eigenvalue weighted by Crippen LogP contribution is -2.35. The summed E-state index contributed by atoms with van der Waals surface area (Å²) in [6, 6.07) is 4.66. The Bertz CT molecular complexity index is 797. The van der Waals surface area contributed by atoms with Crippen molar-refractivity contribution in [1.82, 2.24) is 14.5 Å². The summed E-state index contributed by atoms with van der Waals surface area (Å²) in [7, 11) is -2.25. The number of nitrogens with one attached hydrogen (secondary N) is 1. The Kier molecular flexibility index (Phi) is 8.53. The van der Waals surface area contributed by atoms with Crippen LogP contribution in [0.25, 0.3) is 0 Å². The standard InChI is InChI=1S/C22H35N3O4S/c1-29-20-11-10-19(22(26)23-12-17-24-13-6-2-3-7-14-24)18-21(20)30(27,28)25-15-8-4-5-9-16-25/h10-11,18H,2-9,12-17H2,1H3,(H,23,26). The van der Waals surface area contributed by atoms with Crippen LogP contribution in [0.1, 0.15) is 61.7 Å². The minimum atomic E-state index is -3.71. The maximum atomic E-state index is 13.3. The van der Waals surface area contributed by atoms with Gasteiger partial charge in [-0.1, -0.05) is 25.7 Å². The number of nitrogens with zero attached hydrogens (tertiary/aromatic N) is 2. The van der Waals surface area contributed by atoms with Crippen molar-refractivity contribution in [3.63, 3.8) is 0 Å². The maximum absolute atomic E-state index is 13.3. The minimum absolute atomic E-state index is 0.0760. The van der Waals surface area contributed by atoms with Gasteiger partial charge in [0.25, 0.3) is 5.91 Å². The molecule has 1 amide bonds. The van der Waals surface area contributed by atoms with Gasteiger partial charge in [-0.05, 0) is 57.0 Å². The van der Waals surface area contributed by atoms with Crippen LogP contribution < -0.4 is 10.1 Å². The zero-order valence-electron chi connectivity index (χ0n) is 18.1. The highest BCUT2D eigenvalue weighted by molar-refractivity contribution is 7.89. The Balaban J connectivity index is 1.69. The van der Waals surface area contributed by atoms with Crippen LogP contribution in [0.3, 0.4) is 0 Å². The molecule has 0 radical (unpaired) electrons. The molecule has 0 saturated carbocycles. The third-order valence-electron chi connectivity index (χ3n) is 6.02. The van der Waals surface area contributed by atoms with E-state index in [2.05, 4.69) is 10.2 Å². The Morgan fingerprint density at radius 1 is 0.967 bits per heavy atom. The molecular weight excluding hydrogens is 402 g/mol. The maximum Gasteiger partial charge on any atom is 0.251 e. The summed E-state index contributed by atoms with van der Waals surface area (Å²) < 4.78 is 33.4. The third-order valence-corrected chi connectivity index (χ3v) is 7.94. The topological polar surface area (TPSA) is 79.0 Å². The van der Waals surface area contributed by atoms with Crippen LogP contribution in [0.5, 0.6) is 5.75 Å². The van der Waals surface area contributed by atoms with E-state index in [1.165, 1.54) is 43.2 Å². The first-order valence-corrected chi connectivity index (χ1v) is 12.6. The van der Waals surface area contributed by atoms with E-state index in [0.29, 0.717) is 25.2 Å². The summed E-state index contributed by atoms with van der Waals surface area (Å²) in [5, 5.41) is 2.94. The van der Waals surface area contributed by atoms with Crippen LogP contribution in [-0.2, 0) is 10.0 Å². The van der Waals surface area contributed by atoms with Gasteiger partial charge in [0, 0.05) is 31.7 Å². The van der Waals surface area contributed by atoms with Gasteiger partial charge in [0.2, 0.25) is 10.0 Å². The Hall–Kier alpha value is -1.64. The van der Waals surface area contributed by atoms with Crippen LogP contribution in [0.15, 0.2) is 23.1 Å². The van der Waals surface area contributed by atoms with Gasteiger partial charge in [0.15, 0.2) is 0 Å². The summed E-state index contributed by atoms with van der Waals surface area (Å²) in [4.78, 5) is 15.1. The van der Waals surface area contributed by atoms with Gasteiger partial charge in [-0.3, -0.25) is 4.79 Å². The number of sulfonamides is 1. The highest BCUT2D eigenvalue weighted by atomic mass is 32.2. The molecule has 0 bridgehead atoms. The zero-order valence-corrected chi connectivity index (χ0v) is 18.9.